The van der Waals surface area contributed by atoms with Crippen molar-refractivity contribution in [1.29, 1.82) is 0 Å². The van der Waals surface area contributed by atoms with Crippen molar-refractivity contribution in [3.05, 3.63) is 51.4 Å². The molecule has 0 aromatic rings. The van der Waals surface area contributed by atoms with Crippen LogP contribution in [0.3, 0.4) is 0 Å². The third kappa shape index (κ3) is 25.2. The van der Waals surface area contributed by atoms with Crippen molar-refractivity contribution in [2.75, 3.05) is 13.2 Å². The molecule has 0 aliphatic rings. The molecule has 0 N–H and O–H groups in total. The minimum atomic E-state index is 0.537. The topological polar surface area (TPSA) is 27.7 Å². The van der Waals surface area contributed by atoms with Crippen molar-refractivity contribution in [3.63, 3.8) is 0 Å². The molecule has 0 aliphatic carbocycles. The summed E-state index contributed by atoms with van der Waals surface area (Å²) in [6, 6.07) is 0. The fraction of sp³-hybridized carbons (Fsp3) is 0.200. The van der Waals surface area contributed by atoms with Crippen LogP contribution in [0.2, 0.25) is 0 Å². The van der Waals surface area contributed by atoms with E-state index >= 15 is 0 Å². The molecule has 0 radical (unpaired) electrons. The second-order valence-corrected chi connectivity index (χ2v) is 1.54. The minimum absolute atomic E-state index is 0.537. The Hall–Kier alpha value is -1.64. The van der Waals surface area contributed by atoms with Gasteiger partial charge in [0.2, 0.25) is 0 Å². The van der Waals surface area contributed by atoms with Crippen molar-refractivity contribution in [2.24, 2.45) is 0 Å². The van der Waals surface area contributed by atoms with Crippen molar-refractivity contribution in [2.45, 2.75) is 0 Å². The first-order chi connectivity index (χ1) is 6.33. The molecule has 0 saturated heterocycles. The number of hydrogen-bond acceptors (Lipinski definition) is 3. The van der Waals surface area contributed by atoms with E-state index in [1.54, 1.807) is 0 Å². The summed E-state index contributed by atoms with van der Waals surface area (Å²) < 4.78 is 13.8. The zero-order valence-corrected chi connectivity index (χ0v) is 7.78. The molecule has 0 atom stereocenters. The molecule has 3 nitrogen and oxygen atoms in total. The molecule has 0 bridgehead atoms. The highest BCUT2D eigenvalue weighted by Crippen LogP contribution is 1.76. The molecule has 0 aromatic carbocycles. The standard InChI is InChI=1S/C6H10O2.C4H6O/c1-3-7-5-6-8-4-2;1-3-5-4-2/h3-4H,1-2,5-6H2;3-4H,1-2H2. The molecule has 0 fully saturated rings. The van der Waals surface area contributed by atoms with Crippen molar-refractivity contribution in [1.82, 2.24) is 0 Å². The summed E-state index contributed by atoms with van der Waals surface area (Å²) in [6.45, 7) is 14.3. The van der Waals surface area contributed by atoms with Crippen molar-refractivity contribution in [3.8, 4) is 0 Å². The zero-order valence-electron chi connectivity index (χ0n) is 7.78. The lowest BCUT2D eigenvalue weighted by Crippen LogP contribution is -1.95. The molecule has 0 aliphatic heterocycles. The molecular weight excluding hydrogens is 168 g/mol. The van der Waals surface area contributed by atoms with Gasteiger partial charge in [-0.3, -0.25) is 0 Å². The summed E-state index contributed by atoms with van der Waals surface area (Å²) in [5.41, 5.74) is 0. The lowest BCUT2D eigenvalue weighted by atomic mass is 10.8. The fourth-order valence-electron chi connectivity index (χ4n) is 0.331. The SMILES string of the molecule is C=COC=C.C=COCCOC=C. The van der Waals surface area contributed by atoms with Gasteiger partial charge in [-0.2, -0.15) is 0 Å². The summed E-state index contributed by atoms with van der Waals surface area (Å²) in [7, 11) is 0. The maximum atomic E-state index is 4.73. The Morgan fingerprint density at radius 2 is 1.08 bits per heavy atom. The van der Waals surface area contributed by atoms with Crippen LogP contribution in [0.4, 0.5) is 0 Å². The third-order valence-corrected chi connectivity index (χ3v) is 0.747. The Bertz CT molecular complexity index is 125. The summed E-state index contributed by atoms with van der Waals surface area (Å²) in [4.78, 5) is 0. The van der Waals surface area contributed by atoms with Crippen LogP contribution in [0.15, 0.2) is 51.4 Å². The van der Waals surface area contributed by atoms with Gasteiger partial charge < -0.3 is 14.2 Å². The molecule has 0 rings (SSSR count). The third-order valence-electron chi connectivity index (χ3n) is 0.747. The van der Waals surface area contributed by atoms with Crippen molar-refractivity contribution < 1.29 is 14.2 Å². The summed E-state index contributed by atoms with van der Waals surface area (Å²) in [6.07, 6.45) is 5.39. The van der Waals surface area contributed by atoms with Gasteiger partial charge in [0.1, 0.15) is 13.2 Å². The van der Waals surface area contributed by atoms with E-state index in [0.29, 0.717) is 13.2 Å². The van der Waals surface area contributed by atoms with E-state index in [1.807, 2.05) is 0 Å². The van der Waals surface area contributed by atoms with E-state index in [1.165, 1.54) is 25.0 Å². The zero-order chi connectivity index (χ0) is 10.4. The Morgan fingerprint density at radius 1 is 0.692 bits per heavy atom. The quantitative estimate of drug-likeness (QED) is 0.449. The van der Waals surface area contributed by atoms with Gasteiger partial charge in [-0.1, -0.05) is 26.3 Å². The fourth-order valence-corrected chi connectivity index (χ4v) is 0.331. The van der Waals surface area contributed by atoms with E-state index in [0.717, 1.165) is 0 Å². The first-order valence-electron chi connectivity index (χ1n) is 3.65. The highest BCUT2D eigenvalue weighted by atomic mass is 16.5. The van der Waals surface area contributed by atoms with Gasteiger partial charge in [0.05, 0.1) is 25.0 Å². The number of ether oxygens (including phenoxy) is 3. The molecule has 0 amide bonds. The van der Waals surface area contributed by atoms with E-state index < -0.39 is 0 Å². The lowest BCUT2D eigenvalue weighted by molar-refractivity contribution is 0.151. The van der Waals surface area contributed by atoms with E-state index in [-0.39, 0.29) is 0 Å². The maximum Gasteiger partial charge on any atom is 0.121 e. The molecule has 74 valence electrons. The summed E-state index contributed by atoms with van der Waals surface area (Å²) in [5.74, 6) is 0. The van der Waals surface area contributed by atoms with Crippen LogP contribution in [-0.4, -0.2) is 13.2 Å². The first kappa shape index (κ1) is 13.9. The molecule has 0 aromatic heterocycles. The second kappa shape index (κ2) is 16.8. The average molecular weight is 184 g/mol. The largest absolute Gasteiger partial charge is 0.498 e. The second-order valence-electron chi connectivity index (χ2n) is 1.54. The minimum Gasteiger partial charge on any atom is -0.498 e. The van der Waals surface area contributed by atoms with Gasteiger partial charge >= 0.3 is 0 Å². The molecule has 0 saturated carbocycles. The normalized spacial score (nSPS) is 6.77. The molecule has 0 spiro atoms. The van der Waals surface area contributed by atoms with E-state index in [9.17, 15) is 0 Å². The highest BCUT2D eigenvalue weighted by molar-refractivity contribution is 4.57. The van der Waals surface area contributed by atoms with E-state index in [4.69, 9.17) is 9.47 Å². The van der Waals surface area contributed by atoms with Gasteiger partial charge in [0.25, 0.3) is 0 Å². The molecular formula is C10H16O3. The van der Waals surface area contributed by atoms with Crippen molar-refractivity contribution >= 4 is 0 Å². The Labute approximate surface area is 79.6 Å². The maximum absolute atomic E-state index is 4.73. The summed E-state index contributed by atoms with van der Waals surface area (Å²) >= 11 is 0. The van der Waals surface area contributed by atoms with Crippen LogP contribution in [-0.2, 0) is 14.2 Å². The molecule has 3 heteroatoms. The van der Waals surface area contributed by atoms with Gasteiger partial charge in [-0.25, -0.2) is 0 Å². The number of rotatable bonds is 7. The molecule has 13 heavy (non-hydrogen) atoms. The molecule has 0 unspecified atom stereocenters. The summed E-state index contributed by atoms with van der Waals surface area (Å²) in [5, 5.41) is 0. The average Bonchev–Trinajstić information content (AvgIpc) is 2.15. The van der Waals surface area contributed by atoms with Crippen LogP contribution < -0.4 is 0 Å². The van der Waals surface area contributed by atoms with Gasteiger partial charge in [0, 0.05) is 0 Å². The predicted molar refractivity (Wildman–Crippen MR) is 53.8 cm³/mol. The van der Waals surface area contributed by atoms with Crippen LogP contribution in [0, 0.1) is 0 Å². The first-order valence-corrected chi connectivity index (χ1v) is 3.65. The van der Waals surface area contributed by atoms with Crippen LogP contribution >= 0.6 is 0 Å². The monoisotopic (exact) mass is 184 g/mol. The molecule has 0 heterocycles. The van der Waals surface area contributed by atoms with Crippen LogP contribution in [0.5, 0.6) is 0 Å². The Morgan fingerprint density at radius 3 is 1.23 bits per heavy atom. The van der Waals surface area contributed by atoms with Crippen LogP contribution in [0.1, 0.15) is 0 Å². The highest BCUT2D eigenvalue weighted by Gasteiger charge is 1.77. The van der Waals surface area contributed by atoms with Gasteiger partial charge in [-0.15, -0.1) is 0 Å². The van der Waals surface area contributed by atoms with E-state index in [2.05, 4.69) is 31.1 Å². The Balaban J connectivity index is 0. The van der Waals surface area contributed by atoms with Gasteiger partial charge in [0.15, 0.2) is 0 Å². The number of hydrogen-bond donors (Lipinski definition) is 0. The van der Waals surface area contributed by atoms with Crippen LogP contribution in [0.25, 0.3) is 0 Å². The van der Waals surface area contributed by atoms with Gasteiger partial charge in [-0.05, 0) is 0 Å². The predicted octanol–water partition coefficient (Wildman–Crippen LogP) is 2.60. The smallest absolute Gasteiger partial charge is 0.121 e. The lowest BCUT2D eigenvalue weighted by Gasteiger charge is -1.97. The Kier molecular flexibility index (Phi) is 17.9.